The minimum Gasteiger partial charge on any atom is -0.249 e. The molecule has 98 valence electrons. The van der Waals surface area contributed by atoms with Crippen molar-refractivity contribution in [1.29, 1.82) is 0 Å². The summed E-state index contributed by atoms with van der Waals surface area (Å²) in [6.07, 6.45) is 4.42. The maximum Gasteiger partial charge on any atom is 0.0963 e. The number of nitrogens with zero attached hydrogens (tertiary/aromatic N) is 1. The summed E-state index contributed by atoms with van der Waals surface area (Å²) in [5.41, 5.74) is 0.695. The average Bonchev–Trinajstić information content (AvgIpc) is 2.47. The van der Waals surface area contributed by atoms with E-state index < -0.39 is 0 Å². The fourth-order valence-electron chi connectivity index (χ4n) is 3.08. The van der Waals surface area contributed by atoms with Crippen LogP contribution in [0.1, 0.15) is 70.2 Å². The van der Waals surface area contributed by atoms with Crippen molar-refractivity contribution < 1.29 is 0 Å². The van der Waals surface area contributed by atoms with Crippen LogP contribution in [0.2, 0.25) is 0 Å². The number of hydrogen-bond acceptors (Lipinski definition) is 2. The van der Waals surface area contributed by atoms with Crippen molar-refractivity contribution in [3.8, 4) is 0 Å². The van der Waals surface area contributed by atoms with Gasteiger partial charge in [-0.15, -0.1) is 11.3 Å². The highest BCUT2D eigenvalue weighted by Gasteiger charge is 2.34. The Morgan fingerprint density at radius 3 is 2.18 bits per heavy atom. The van der Waals surface area contributed by atoms with Crippen LogP contribution >= 0.6 is 11.3 Å². The summed E-state index contributed by atoms with van der Waals surface area (Å²) in [6.45, 7) is 16.2. The van der Waals surface area contributed by atoms with Gasteiger partial charge in [0.2, 0.25) is 0 Å². The van der Waals surface area contributed by atoms with Gasteiger partial charge in [-0.05, 0) is 30.6 Å². The highest BCUT2D eigenvalue weighted by atomic mass is 32.1. The van der Waals surface area contributed by atoms with Gasteiger partial charge in [0.15, 0.2) is 0 Å². The van der Waals surface area contributed by atoms with Crippen molar-refractivity contribution in [2.75, 3.05) is 0 Å². The van der Waals surface area contributed by atoms with Gasteiger partial charge in [-0.25, -0.2) is 4.98 Å². The van der Waals surface area contributed by atoms with Crippen molar-refractivity contribution in [2.45, 2.75) is 67.2 Å². The quantitative estimate of drug-likeness (QED) is 0.699. The summed E-state index contributed by atoms with van der Waals surface area (Å²) in [4.78, 5) is 5.93. The smallest absolute Gasteiger partial charge is 0.0963 e. The zero-order chi connectivity index (χ0) is 13.3. The Morgan fingerprint density at radius 2 is 1.82 bits per heavy atom. The van der Waals surface area contributed by atoms with Gasteiger partial charge in [-0.1, -0.05) is 41.5 Å². The molecule has 1 rings (SSSR count). The van der Waals surface area contributed by atoms with E-state index >= 15 is 0 Å². The Kier molecular flexibility index (Phi) is 4.40. The molecule has 0 N–H and O–H groups in total. The fourth-order valence-corrected chi connectivity index (χ4v) is 4.25. The van der Waals surface area contributed by atoms with E-state index in [0.29, 0.717) is 16.7 Å². The Balaban J connectivity index is 2.93. The van der Waals surface area contributed by atoms with Gasteiger partial charge < -0.3 is 0 Å². The predicted molar refractivity (Wildman–Crippen MR) is 77.7 cm³/mol. The van der Waals surface area contributed by atoms with Crippen LogP contribution in [0.3, 0.4) is 0 Å². The molecule has 0 aromatic carbocycles. The topological polar surface area (TPSA) is 12.9 Å². The summed E-state index contributed by atoms with van der Waals surface area (Å²) in [6, 6.07) is 0. The highest BCUT2D eigenvalue weighted by Crippen LogP contribution is 2.46. The average molecular weight is 253 g/mol. The molecule has 0 saturated heterocycles. The zero-order valence-electron chi connectivity index (χ0n) is 12.4. The molecule has 0 aliphatic carbocycles. The van der Waals surface area contributed by atoms with Crippen LogP contribution < -0.4 is 0 Å². The lowest BCUT2D eigenvalue weighted by molar-refractivity contribution is 0.169. The second-order valence-electron chi connectivity index (χ2n) is 7.00. The normalized spacial score (nSPS) is 15.0. The van der Waals surface area contributed by atoms with Crippen LogP contribution in [0.15, 0.2) is 6.20 Å². The Morgan fingerprint density at radius 1 is 1.24 bits per heavy atom. The third-order valence-corrected chi connectivity index (χ3v) is 4.30. The van der Waals surface area contributed by atoms with Gasteiger partial charge in [0, 0.05) is 17.0 Å². The first-order valence-electron chi connectivity index (χ1n) is 6.58. The van der Waals surface area contributed by atoms with Crippen molar-refractivity contribution in [3.05, 3.63) is 16.1 Å². The standard InChI is InChI=1S/C15H27NS/c1-8-12(13-16-9-11(2)17-13)15(6,7)10-14(3,4)5/h9,12H,8,10H2,1-7H3. The van der Waals surface area contributed by atoms with Gasteiger partial charge in [-0.2, -0.15) is 0 Å². The molecular weight excluding hydrogens is 226 g/mol. The first-order chi connectivity index (χ1) is 7.65. The molecule has 1 nitrogen and oxygen atoms in total. The van der Waals surface area contributed by atoms with Crippen molar-refractivity contribution in [2.24, 2.45) is 10.8 Å². The van der Waals surface area contributed by atoms with Crippen molar-refractivity contribution in [1.82, 2.24) is 4.98 Å². The molecule has 1 aromatic rings. The van der Waals surface area contributed by atoms with E-state index in [0.717, 1.165) is 0 Å². The molecule has 17 heavy (non-hydrogen) atoms. The molecule has 0 aliphatic heterocycles. The first-order valence-corrected chi connectivity index (χ1v) is 7.40. The van der Waals surface area contributed by atoms with E-state index in [2.05, 4.69) is 53.5 Å². The van der Waals surface area contributed by atoms with Gasteiger partial charge in [0.05, 0.1) is 5.01 Å². The van der Waals surface area contributed by atoms with E-state index in [9.17, 15) is 0 Å². The van der Waals surface area contributed by atoms with E-state index in [1.807, 2.05) is 17.5 Å². The van der Waals surface area contributed by atoms with Gasteiger partial charge in [0.1, 0.15) is 0 Å². The number of aryl methyl sites for hydroxylation is 1. The summed E-state index contributed by atoms with van der Waals surface area (Å²) in [5, 5.41) is 1.32. The molecular formula is C15H27NS. The van der Waals surface area contributed by atoms with Crippen LogP contribution in [0.5, 0.6) is 0 Å². The molecule has 1 aromatic heterocycles. The number of rotatable bonds is 4. The molecule has 0 amide bonds. The van der Waals surface area contributed by atoms with E-state index in [1.165, 1.54) is 22.7 Å². The number of thiazole rings is 1. The minimum absolute atomic E-state index is 0.317. The summed E-state index contributed by atoms with van der Waals surface area (Å²) in [7, 11) is 0. The monoisotopic (exact) mass is 253 g/mol. The van der Waals surface area contributed by atoms with Gasteiger partial charge in [-0.3, -0.25) is 0 Å². The lowest BCUT2D eigenvalue weighted by Gasteiger charge is -2.38. The van der Waals surface area contributed by atoms with Crippen LogP contribution in [-0.2, 0) is 0 Å². The Bertz CT molecular complexity index is 357. The molecule has 0 spiro atoms. The first kappa shape index (κ1) is 14.7. The predicted octanol–water partition coefficient (Wildman–Crippen LogP) is 5.41. The van der Waals surface area contributed by atoms with Gasteiger partial charge in [0.25, 0.3) is 0 Å². The summed E-state index contributed by atoms with van der Waals surface area (Å²) in [5.74, 6) is 0.584. The minimum atomic E-state index is 0.317. The third-order valence-electron chi connectivity index (χ3n) is 3.27. The molecule has 1 heterocycles. The third kappa shape index (κ3) is 4.09. The van der Waals surface area contributed by atoms with Crippen LogP contribution in [0.4, 0.5) is 0 Å². The lowest BCUT2D eigenvalue weighted by Crippen LogP contribution is -2.27. The summed E-state index contributed by atoms with van der Waals surface area (Å²) >= 11 is 1.86. The van der Waals surface area contributed by atoms with Crippen LogP contribution in [0, 0.1) is 17.8 Å². The fraction of sp³-hybridized carbons (Fsp3) is 0.800. The molecule has 0 bridgehead atoms. The van der Waals surface area contributed by atoms with Gasteiger partial charge >= 0.3 is 0 Å². The van der Waals surface area contributed by atoms with Crippen molar-refractivity contribution in [3.63, 3.8) is 0 Å². The molecule has 0 aliphatic rings. The molecule has 1 unspecified atom stereocenters. The summed E-state index contributed by atoms with van der Waals surface area (Å²) < 4.78 is 0. The second kappa shape index (κ2) is 5.09. The molecule has 0 radical (unpaired) electrons. The van der Waals surface area contributed by atoms with E-state index in [-0.39, 0.29) is 0 Å². The zero-order valence-corrected chi connectivity index (χ0v) is 13.2. The van der Waals surface area contributed by atoms with E-state index in [4.69, 9.17) is 0 Å². The van der Waals surface area contributed by atoms with E-state index in [1.54, 1.807) is 0 Å². The SMILES string of the molecule is CCC(c1ncc(C)s1)C(C)(C)CC(C)(C)C. The Hall–Kier alpha value is -0.370. The molecule has 1 atom stereocenters. The lowest BCUT2D eigenvalue weighted by atomic mass is 9.68. The largest absolute Gasteiger partial charge is 0.249 e. The maximum absolute atomic E-state index is 4.60. The van der Waals surface area contributed by atoms with Crippen molar-refractivity contribution >= 4 is 11.3 Å². The number of aromatic nitrogens is 1. The Labute approximate surface area is 111 Å². The highest BCUT2D eigenvalue weighted by molar-refractivity contribution is 7.11. The molecule has 0 saturated carbocycles. The van der Waals surface area contributed by atoms with Crippen LogP contribution in [0.25, 0.3) is 0 Å². The number of hydrogen-bond donors (Lipinski definition) is 0. The second-order valence-corrected chi connectivity index (χ2v) is 8.26. The van der Waals surface area contributed by atoms with Crippen LogP contribution in [-0.4, -0.2) is 4.98 Å². The maximum atomic E-state index is 4.60. The molecule has 2 heteroatoms. The molecule has 0 fully saturated rings.